The van der Waals surface area contributed by atoms with Gasteiger partial charge >= 0.3 is 0 Å². The van der Waals surface area contributed by atoms with E-state index in [1.807, 2.05) is 55.5 Å². The van der Waals surface area contributed by atoms with Gasteiger partial charge in [0.15, 0.2) is 0 Å². The van der Waals surface area contributed by atoms with Crippen LogP contribution in [0, 0.1) is 6.92 Å². The summed E-state index contributed by atoms with van der Waals surface area (Å²) in [7, 11) is 0.618. The van der Waals surface area contributed by atoms with Crippen molar-refractivity contribution in [3.63, 3.8) is 0 Å². The Hall–Kier alpha value is -1.65. The number of rotatable bonds is 6. The normalized spacial score (nSPS) is 13.7. The molecule has 2 aromatic rings. The summed E-state index contributed by atoms with van der Waals surface area (Å²) in [6, 6.07) is 15.3. The molecule has 2 unspecified atom stereocenters. The smallest absolute Gasteiger partial charge is 0.123 e. The Morgan fingerprint density at radius 2 is 1.81 bits per heavy atom. The van der Waals surface area contributed by atoms with Gasteiger partial charge in [0.1, 0.15) is 5.75 Å². The van der Waals surface area contributed by atoms with Gasteiger partial charge in [-0.3, -0.25) is 4.21 Å². The molecule has 2 N–H and O–H groups in total. The maximum absolute atomic E-state index is 12.3. The van der Waals surface area contributed by atoms with Gasteiger partial charge in [-0.25, -0.2) is 0 Å². The fourth-order valence-electron chi connectivity index (χ4n) is 2.27. The first-order valence-electron chi connectivity index (χ1n) is 6.89. The molecule has 0 amide bonds. The van der Waals surface area contributed by atoms with E-state index in [1.165, 1.54) is 0 Å². The minimum absolute atomic E-state index is 0.286. The highest BCUT2D eigenvalue weighted by Gasteiger charge is 2.15. The quantitative estimate of drug-likeness (QED) is 0.892. The monoisotopic (exact) mass is 303 g/mol. The van der Waals surface area contributed by atoms with Crippen molar-refractivity contribution in [3.05, 3.63) is 65.2 Å². The van der Waals surface area contributed by atoms with Gasteiger partial charge in [0.05, 0.1) is 7.11 Å². The topological polar surface area (TPSA) is 52.3 Å². The van der Waals surface area contributed by atoms with Gasteiger partial charge < -0.3 is 10.5 Å². The van der Waals surface area contributed by atoms with Crippen molar-refractivity contribution in [2.45, 2.75) is 18.7 Å². The summed E-state index contributed by atoms with van der Waals surface area (Å²) < 4.78 is 17.6. The molecule has 0 bridgehead atoms. The summed E-state index contributed by atoms with van der Waals surface area (Å²) >= 11 is 0. The lowest BCUT2D eigenvalue weighted by Crippen LogP contribution is -2.20. The molecule has 2 aromatic carbocycles. The number of hydrogen-bond donors (Lipinski definition) is 1. The number of benzene rings is 2. The highest BCUT2D eigenvalue weighted by molar-refractivity contribution is 7.84. The van der Waals surface area contributed by atoms with Crippen molar-refractivity contribution in [2.24, 2.45) is 5.73 Å². The van der Waals surface area contributed by atoms with Crippen molar-refractivity contribution in [3.8, 4) is 5.75 Å². The molecule has 0 aliphatic carbocycles. The van der Waals surface area contributed by atoms with E-state index in [4.69, 9.17) is 10.5 Å². The second-order valence-electron chi connectivity index (χ2n) is 5.03. The predicted molar refractivity (Wildman–Crippen MR) is 87.8 cm³/mol. The lowest BCUT2D eigenvalue weighted by atomic mass is 10.1. The van der Waals surface area contributed by atoms with E-state index in [0.717, 1.165) is 22.4 Å². The minimum atomic E-state index is -1.00. The molecule has 0 heterocycles. The Kier molecular flexibility index (Phi) is 5.53. The van der Waals surface area contributed by atoms with Gasteiger partial charge in [-0.15, -0.1) is 0 Å². The number of nitrogens with two attached hydrogens (primary N) is 1. The third-order valence-corrected chi connectivity index (χ3v) is 4.85. The van der Waals surface area contributed by atoms with E-state index in [0.29, 0.717) is 11.5 Å². The fraction of sp³-hybridized carbons (Fsp3) is 0.294. The maximum atomic E-state index is 12.3. The van der Waals surface area contributed by atoms with Gasteiger partial charge in [-0.05, 0) is 24.1 Å². The lowest BCUT2D eigenvalue weighted by Gasteiger charge is -2.15. The molecule has 21 heavy (non-hydrogen) atoms. The largest absolute Gasteiger partial charge is 0.496 e. The molecule has 0 aromatic heterocycles. The summed E-state index contributed by atoms with van der Waals surface area (Å²) in [6.07, 6.45) is 0. The molecule has 0 fully saturated rings. The minimum Gasteiger partial charge on any atom is -0.496 e. The molecular weight excluding hydrogens is 282 g/mol. The van der Waals surface area contributed by atoms with Crippen LogP contribution in [0.2, 0.25) is 0 Å². The molecule has 0 saturated carbocycles. The second kappa shape index (κ2) is 7.38. The summed E-state index contributed by atoms with van der Waals surface area (Å²) in [4.78, 5) is 0. The van der Waals surface area contributed by atoms with Crippen LogP contribution in [0.4, 0.5) is 0 Å². The van der Waals surface area contributed by atoms with Crippen LogP contribution in [-0.4, -0.2) is 17.1 Å². The highest BCUT2D eigenvalue weighted by Crippen LogP contribution is 2.24. The first-order chi connectivity index (χ1) is 10.1. The molecule has 2 rings (SSSR count). The van der Waals surface area contributed by atoms with Crippen LogP contribution in [-0.2, 0) is 16.6 Å². The van der Waals surface area contributed by atoms with Crippen LogP contribution < -0.4 is 10.5 Å². The van der Waals surface area contributed by atoms with E-state index in [2.05, 4.69) is 0 Å². The standard InChI is InChI=1S/C17H21NO2S/c1-13-7-3-4-8-14(13)11-21(19)12-16(18)15-9-5-6-10-17(15)20-2/h3-10,16H,11-12,18H2,1-2H3. The van der Waals surface area contributed by atoms with Crippen LogP contribution in [0.15, 0.2) is 48.5 Å². The van der Waals surface area contributed by atoms with Gasteiger partial charge in [-0.1, -0.05) is 42.5 Å². The van der Waals surface area contributed by atoms with E-state index in [-0.39, 0.29) is 6.04 Å². The van der Waals surface area contributed by atoms with Crippen molar-refractivity contribution in [2.75, 3.05) is 12.9 Å². The molecule has 2 atom stereocenters. The third-order valence-electron chi connectivity index (χ3n) is 3.48. The number of methoxy groups -OCH3 is 1. The summed E-state index contributed by atoms with van der Waals surface area (Å²) in [5, 5.41) is 0. The Bertz CT molecular complexity index is 628. The molecule has 112 valence electrons. The van der Waals surface area contributed by atoms with Crippen molar-refractivity contribution in [1.82, 2.24) is 0 Å². The molecule has 0 aliphatic heterocycles. The Morgan fingerprint density at radius 1 is 1.14 bits per heavy atom. The van der Waals surface area contributed by atoms with Gasteiger partial charge in [0, 0.05) is 33.9 Å². The first kappa shape index (κ1) is 15.7. The molecule has 0 radical (unpaired) electrons. The molecule has 3 nitrogen and oxygen atoms in total. The van der Waals surface area contributed by atoms with Crippen molar-refractivity contribution in [1.29, 1.82) is 0 Å². The van der Waals surface area contributed by atoms with Crippen molar-refractivity contribution < 1.29 is 8.95 Å². The summed E-state index contributed by atoms with van der Waals surface area (Å²) in [5.74, 6) is 1.71. The second-order valence-corrected chi connectivity index (χ2v) is 6.53. The number of hydrogen-bond acceptors (Lipinski definition) is 3. The number of ether oxygens (including phenoxy) is 1. The van der Waals surface area contributed by atoms with Crippen LogP contribution in [0.3, 0.4) is 0 Å². The zero-order chi connectivity index (χ0) is 15.2. The molecule has 0 spiro atoms. The van der Waals surface area contributed by atoms with Gasteiger partial charge in [-0.2, -0.15) is 0 Å². The summed E-state index contributed by atoms with van der Waals surface area (Å²) in [6.45, 7) is 2.03. The zero-order valence-corrected chi connectivity index (χ0v) is 13.2. The SMILES string of the molecule is COc1ccccc1C(N)CS(=O)Cc1ccccc1C. The number of aryl methyl sites for hydroxylation is 1. The average Bonchev–Trinajstić information content (AvgIpc) is 2.49. The van der Waals surface area contributed by atoms with Crippen LogP contribution in [0.5, 0.6) is 5.75 Å². The fourth-order valence-corrected chi connectivity index (χ4v) is 3.64. The van der Waals surface area contributed by atoms with E-state index in [1.54, 1.807) is 7.11 Å². The number of para-hydroxylation sites is 1. The average molecular weight is 303 g/mol. The summed E-state index contributed by atoms with van der Waals surface area (Å²) in [5.41, 5.74) is 9.37. The van der Waals surface area contributed by atoms with Crippen LogP contribution in [0.1, 0.15) is 22.7 Å². The highest BCUT2D eigenvalue weighted by atomic mass is 32.2. The Labute approximate surface area is 128 Å². The van der Waals surface area contributed by atoms with Crippen LogP contribution >= 0.6 is 0 Å². The maximum Gasteiger partial charge on any atom is 0.123 e. The third kappa shape index (κ3) is 4.16. The van der Waals surface area contributed by atoms with Crippen LogP contribution in [0.25, 0.3) is 0 Å². The lowest BCUT2D eigenvalue weighted by molar-refractivity contribution is 0.407. The first-order valence-corrected chi connectivity index (χ1v) is 8.38. The van der Waals surface area contributed by atoms with E-state index < -0.39 is 10.8 Å². The Balaban J connectivity index is 2.04. The zero-order valence-electron chi connectivity index (χ0n) is 12.4. The van der Waals surface area contributed by atoms with E-state index >= 15 is 0 Å². The Morgan fingerprint density at radius 3 is 2.52 bits per heavy atom. The molecular formula is C17H21NO2S. The predicted octanol–water partition coefficient (Wildman–Crippen LogP) is 2.95. The van der Waals surface area contributed by atoms with Crippen molar-refractivity contribution >= 4 is 10.8 Å². The van der Waals surface area contributed by atoms with Gasteiger partial charge in [0.2, 0.25) is 0 Å². The van der Waals surface area contributed by atoms with Gasteiger partial charge in [0.25, 0.3) is 0 Å². The molecule has 0 saturated heterocycles. The molecule has 4 heteroatoms. The van der Waals surface area contributed by atoms with E-state index in [9.17, 15) is 4.21 Å². The molecule has 0 aliphatic rings.